The molecule has 18 heavy (non-hydrogen) atoms. The molecule has 2 aromatic rings. The zero-order chi connectivity index (χ0) is 13.0. The highest BCUT2D eigenvalue weighted by atomic mass is 16.6. The molecule has 5 nitrogen and oxygen atoms in total. The van der Waals surface area contributed by atoms with Crippen LogP contribution in [-0.2, 0) is 6.54 Å². The summed E-state index contributed by atoms with van der Waals surface area (Å²) in [5.41, 5.74) is 2.05. The third-order valence-corrected chi connectivity index (χ3v) is 2.51. The molecule has 0 saturated heterocycles. The molecule has 0 aliphatic rings. The maximum Gasteiger partial charge on any atom is 0.269 e. The van der Waals surface area contributed by atoms with E-state index in [1.807, 2.05) is 25.1 Å². The maximum atomic E-state index is 10.6. The molecule has 0 saturated carbocycles. The molecule has 1 heterocycles. The first-order valence-corrected chi connectivity index (χ1v) is 5.55. The molecule has 0 amide bonds. The number of anilines is 1. The molecule has 0 fully saturated rings. The zero-order valence-electron chi connectivity index (χ0n) is 9.96. The van der Waals surface area contributed by atoms with Crippen LogP contribution < -0.4 is 5.32 Å². The highest BCUT2D eigenvalue weighted by molar-refractivity contribution is 5.39. The van der Waals surface area contributed by atoms with E-state index >= 15 is 0 Å². The van der Waals surface area contributed by atoms with Gasteiger partial charge < -0.3 is 5.32 Å². The maximum absolute atomic E-state index is 10.6. The van der Waals surface area contributed by atoms with Crippen molar-refractivity contribution in [3.05, 3.63) is 63.8 Å². The third kappa shape index (κ3) is 3.04. The van der Waals surface area contributed by atoms with Crippen molar-refractivity contribution in [2.24, 2.45) is 0 Å². The van der Waals surface area contributed by atoms with E-state index in [0.717, 1.165) is 16.9 Å². The predicted octanol–water partition coefficient (Wildman–Crippen LogP) is 2.91. The van der Waals surface area contributed by atoms with Crippen LogP contribution in [0.2, 0.25) is 0 Å². The smallest absolute Gasteiger partial charge is 0.269 e. The van der Waals surface area contributed by atoms with Gasteiger partial charge in [0, 0.05) is 24.9 Å². The van der Waals surface area contributed by atoms with Gasteiger partial charge in [-0.1, -0.05) is 18.2 Å². The molecule has 0 radical (unpaired) electrons. The SMILES string of the molecule is Cc1ccc(NCc2cccc([N+](=O)[O-])c2)nc1. The van der Waals surface area contributed by atoms with Crippen molar-refractivity contribution >= 4 is 11.5 Å². The second kappa shape index (κ2) is 5.27. The van der Waals surface area contributed by atoms with E-state index in [9.17, 15) is 10.1 Å². The summed E-state index contributed by atoms with van der Waals surface area (Å²) in [5.74, 6) is 0.757. The van der Waals surface area contributed by atoms with Crippen molar-refractivity contribution in [2.45, 2.75) is 13.5 Å². The lowest BCUT2D eigenvalue weighted by Crippen LogP contribution is -2.01. The van der Waals surface area contributed by atoms with Crippen molar-refractivity contribution < 1.29 is 4.92 Å². The van der Waals surface area contributed by atoms with Gasteiger partial charge in [0.2, 0.25) is 0 Å². The summed E-state index contributed by atoms with van der Waals surface area (Å²) in [6, 6.07) is 10.4. The Morgan fingerprint density at radius 2 is 2.17 bits per heavy atom. The summed E-state index contributed by atoms with van der Waals surface area (Å²) in [7, 11) is 0. The number of pyridine rings is 1. The fraction of sp³-hybridized carbons (Fsp3) is 0.154. The molecule has 2 rings (SSSR count). The number of nitro benzene ring substituents is 1. The summed E-state index contributed by atoms with van der Waals surface area (Å²) in [5, 5.41) is 13.8. The molecular weight excluding hydrogens is 230 g/mol. The lowest BCUT2D eigenvalue weighted by Gasteiger charge is -2.05. The Labute approximate surface area is 105 Å². The lowest BCUT2D eigenvalue weighted by molar-refractivity contribution is -0.384. The van der Waals surface area contributed by atoms with Crippen molar-refractivity contribution in [3.8, 4) is 0 Å². The molecule has 5 heteroatoms. The molecule has 1 N–H and O–H groups in total. The van der Waals surface area contributed by atoms with Crippen LogP contribution in [0.3, 0.4) is 0 Å². The molecule has 0 aliphatic heterocycles. The van der Waals surface area contributed by atoms with Crippen LogP contribution in [-0.4, -0.2) is 9.91 Å². The van der Waals surface area contributed by atoms with Crippen molar-refractivity contribution in [3.63, 3.8) is 0 Å². The molecule has 0 aliphatic carbocycles. The van der Waals surface area contributed by atoms with Crippen LogP contribution in [0.5, 0.6) is 0 Å². The monoisotopic (exact) mass is 243 g/mol. The van der Waals surface area contributed by atoms with Crippen LogP contribution in [0.15, 0.2) is 42.6 Å². The van der Waals surface area contributed by atoms with Crippen LogP contribution in [0, 0.1) is 17.0 Å². The number of nitrogens with one attached hydrogen (secondary N) is 1. The van der Waals surface area contributed by atoms with Crippen molar-refractivity contribution in [2.75, 3.05) is 5.32 Å². The Bertz CT molecular complexity index is 552. The minimum Gasteiger partial charge on any atom is -0.366 e. The van der Waals surface area contributed by atoms with Gasteiger partial charge in [0.15, 0.2) is 0 Å². The first-order chi connectivity index (χ1) is 8.65. The van der Waals surface area contributed by atoms with Gasteiger partial charge in [-0.3, -0.25) is 10.1 Å². The number of nitro groups is 1. The fourth-order valence-electron chi connectivity index (χ4n) is 1.54. The second-order valence-corrected chi connectivity index (χ2v) is 4.00. The van der Waals surface area contributed by atoms with E-state index in [4.69, 9.17) is 0 Å². The summed E-state index contributed by atoms with van der Waals surface area (Å²) in [4.78, 5) is 14.4. The van der Waals surface area contributed by atoms with Crippen molar-refractivity contribution in [1.29, 1.82) is 0 Å². The quantitative estimate of drug-likeness (QED) is 0.662. The minimum atomic E-state index is -0.395. The van der Waals surface area contributed by atoms with Gasteiger partial charge in [0.25, 0.3) is 5.69 Å². The fourth-order valence-corrected chi connectivity index (χ4v) is 1.54. The Kier molecular flexibility index (Phi) is 3.52. The molecule has 0 atom stereocenters. The Morgan fingerprint density at radius 1 is 1.33 bits per heavy atom. The average Bonchev–Trinajstić information content (AvgIpc) is 2.38. The third-order valence-electron chi connectivity index (χ3n) is 2.51. The summed E-state index contributed by atoms with van der Waals surface area (Å²) in [6.07, 6.45) is 1.77. The number of hydrogen-bond donors (Lipinski definition) is 1. The molecule has 92 valence electrons. The normalized spacial score (nSPS) is 10.1. The van der Waals surface area contributed by atoms with E-state index < -0.39 is 4.92 Å². The zero-order valence-corrected chi connectivity index (χ0v) is 9.96. The first-order valence-electron chi connectivity index (χ1n) is 5.55. The number of non-ortho nitro benzene ring substituents is 1. The second-order valence-electron chi connectivity index (χ2n) is 4.00. The largest absolute Gasteiger partial charge is 0.366 e. The van der Waals surface area contributed by atoms with Crippen LogP contribution >= 0.6 is 0 Å². The number of aryl methyl sites for hydroxylation is 1. The van der Waals surface area contributed by atoms with Crippen LogP contribution in [0.25, 0.3) is 0 Å². The van der Waals surface area contributed by atoms with E-state index in [2.05, 4.69) is 10.3 Å². The molecule has 0 unspecified atom stereocenters. The van der Waals surface area contributed by atoms with E-state index in [0.29, 0.717) is 6.54 Å². The number of benzene rings is 1. The lowest BCUT2D eigenvalue weighted by atomic mass is 10.2. The first kappa shape index (κ1) is 12.0. The molecular formula is C13H13N3O2. The number of rotatable bonds is 4. The Hall–Kier alpha value is -2.43. The van der Waals surface area contributed by atoms with Crippen LogP contribution in [0.1, 0.15) is 11.1 Å². The highest BCUT2D eigenvalue weighted by Crippen LogP contribution is 2.14. The summed E-state index contributed by atoms with van der Waals surface area (Å²) < 4.78 is 0. The topological polar surface area (TPSA) is 68.1 Å². The average molecular weight is 243 g/mol. The number of aromatic nitrogens is 1. The number of nitrogens with zero attached hydrogens (tertiary/aromatic N) is 2. The van der Waals surface area contributed by atoms with Gasteiger partial charge in [0.1, 0.15) is 5.82 Å². The summed E-state index contributed by atoms with van der Waals surface area (Å²) in [6.45, 7) is 2.48. The van der Waals surface area contributed by atoms with Gasteiger partial charge in [-0.05, 0) is 24.1 Å². The Balaban J connectivity index is 2.04. The summed E-state index contributed by atoms with van der Waals surface area (Å²) >= 11 is 0. The van der Waals surface area contributed by atoms with E-state index in [1.54, 1.807) is 18.3 Å². The predicted molar refractivity (Wildman–Crippen MR) is 69.4 cm³/mol. The van der Waals surface area contributed by atoms with Gasteiger partial charge in [-0.25, -0.2) is 4.98 Å². The van der Waals surface area contributed by atoms with Crippen molar-refractivity contribution in [1.82, 2.24) is 4.98 Å². The van der Waals surface area contributed by atoms with Gasteiger partial charge in [0.05, 0.1) is 4.92 Å². The number of hydrogen-bond acceptors (Lipinski definition) is 4. The van der Waals surface area contributed by atoms with Gasteiger partial charge in [-0.2, -0.15) is 0 Å². The van der Waals surface area contributed by atoms with Gasteiger partial charge in [-0.15, -0.1) is 0 Å². The molecule has 1 aromatic heterocycles. The highest BCUT2D eigenvalue weighted by Gasteiger charge is 2.05. The molecule has 0 spiro atoms. The van der Waals surface area contributed by atoms with E-state index in [-0.39, 0.29) is 5.69 Å². The van der Waals surface area contributed by atoms with Crippen LogP contribution in [0.4, 0.5) is 11.5 Å². The standard InChI is InChI=1S/C13H13N3O2/c1-10-5-6-13(14-8-10)15-9-11-3-2-4-12(7-11)16(17)18/h2-8H,9H2,1H3,(H,14,15). The minimum absolute atomic E-state index is 0.103. The van der Waals surface area contributed by atoms with Gasteiger partial charge >= 0.3 is 0 Å². The molecule has 0 bridgehead atoms. The van der Waals surface area contributed by atoms with E-state index in [1.165, 1.54) is 6.07 Å². The Morgan fingerprint density at radius 3 is 2.83 bits per heavy atom. The molecule has 1 aromatic carbocycles.